The van der Waals surface area contributed by atoms with Crippen molar-refractivity contribution in [2.24, 2.45) is 0 Å². The highest BCUT2D eigenvalue weighted by atomic mass is 32.1. The maximum atomic E-state index is 15.4. The third-order valence-electron chi connectivity index (χ3n) is 5.26. The molecule has 12 heteroatoms. The van der Waals surface area contributed by atoms with Gasteiger partial charge in [-0.3, -0.25) is 0 Å². The average molecular weight is 511 g/mol. The van der Waals surface area contributed by atoms with Crippen molar-refractivity contribution in [3.63, 3.8) is 0 Å². The quantitative estimate of drug-likeness (QED) is 0.304. The van der Waals surface area contributed by atoms with Crippen LogP contribution in [-0.4, -0.2) is 40.2 Å². The standard InChI is InChI=1S/C23H21F4N3O4S/c1-12-8-28-20(35-12)17-6-16(33-11-15-4-3-5-32-15)7-18(19(17)24)21(31)34-13(2)14-9-29-22(30-10-14)23(25,26)27/h6-10,13,15H,3-5,11H2,1-2H3/t13-,15+/m1/s1. The highest BCUT2D eigenvalue weighted by Crippen LogP contribution is 2.34. The van der Waals surface area contributed by atoms with Crippen molar-refractivity contribution in [1.29, 1.82) is 0 Å². The molecule has 1 aliphatic rings. The summed E-state index contributed by atoms with van der Waals surface area (Å²) in [5.74, 6) is -2.94. The van der Waals surface area contributed by atoms with Gasteiger partial charge in [-0.2, -0.15) is 13.2 Å². The van der Waals surface area contributed by atoms with Crippen LogP contribution in [0.4, 0.5) is 17.6 Å². The number of thiazole rings is 1. The lowest BCUT2D eigenvalue weighted by Crippen LogP contribution is -2.17. The van der Waals surface area contributed by atoms with Crippen LogP contribution in [0.15, 0.2) is 30.7 Å². The average Bonchev–Trinajstić information content (AvgIpc) is 3.49. The lowest BCUT2D eigenvalue weighted by molar-refractivity contribution is -0.145. The van der Waals surface area contributed by atoms with Gasteiger partial charge >= 0.3 is 12.1 Å². The summed E-state index contributed by atoms with van der Waals surface area (Å²) in [6, 6.07) is 2.69. The molecule has 0 aliphatic carbocycles. The first-order chi connectivity index (χ1) is 16.6. The number of carbonyl (C=O) groups is 1. The van der Waals surface area contributed by atoms with Crippen LogP contribution in [0, 0.1) is 12.7 Å². The predicted octanol–water partition coefficient (Wildman–Crippen LogP) is 5.54. The fourth-order valence-electron chi connectivity index (χ4n) is 3.42. The topological polar surface area (TPSA) is 83.4 Å². The van der Waals surface area contributed by atoms with Crippen molar-refractivity contribution >= 4 is 17.3 Å². The van der Waals surface area contributed by atoms with Gasteiger partial charge in [0.05, 0.1) is 17.2 Å². The van der Waals surface area contributed by atoms with E-state index in [4.69, 9.17) is 14.2 Å². The number of carbonyl (C=O) groups excluding carboxylic acids is 1. The third kappa shape index (κ3) is 5.93. The number of benzene rings is 1. The predicted molar refractivity (Wildman–Crippen MR) is 118 cm³/mol. The number of hydrogen-bond donors (Lipinski definition) is 0. The summed E-state index contributed by atoms with van der Waals surface area (Å²) in [5, 5.41) is 0.362. The Hall–Kier alpha value is -3.12. The van der Waals surface area contributed by atoms with Crippen LogP contribution >= 0.6 is 11.3 Å². The molecule has 0 amide bonds. The van der Waals surface area contributed by atoms with Gasteiger partial charge in [-0.15, -0.1) is 11.3 Å². The maximum Gasteiger partial charge on any atom is 0.451 e. The molecule has 2 atom stereocenters. The number of nitrogens with zero attached hydrogens (tertiary/aromatic N) is 3. The zero-order valence-electron chi connectivity index (χ0n) is 18.8. The molecular formula is C23H21F4N3O4S. The van der Waals surface area contributed by atoms with Gasteiger partial charge in [-0.05, 0) is 38.8 Å². The molecule has 3 heterocycles. The van der Waals surface area contributed by atoms with Crippen LogP contribution in [0.25, 0.3) is 10.6 Å². The number of hydrogen-bond acceptors (Lipinski definition) is 8. The number of aromatic nitrogens is 3. The van der Waals surface area contributed by atoms with E-state index in [9.17, 15) is 18.0 Å². The Labute approximate surface area is 202 Å². The minimum atomic E-state index is -4.70. The van der Waals surface area contributed by atoms with Crippen molar-refractivity contribution < 1.29 is 36.6 Å². The van der Waals surface area contributed by atoms with Crippen LogP contribution in [-0.2, 0) is 15.7 Å². The van der Waals surface area contributed by atoms with Gasteiger partial charge in [0.15, 0.2) is 0 Å². The molecule has 0 spiro atoms. The van der Waals surface area contributed by atoms with Gasteiger partial charge < -0.3 is 14.2 Å². The monoisotopic (exact) mass is 511 g/mol. The molecule has 0 N–H and O–H groups in total. The first-order valence-electron chi connectivity index (χ1n) is 10.7. The smallest absolute Gasteiger partial charge is 0.451 e. The Morgan fingerprint density at radius 1 is 1.23 bits per heavy atom. The summed E-state index contributed by atoms with van der Waals surface area (Å²) in [6.45, 7) is 4.12. The van der Waals surface area contributed by atoms with Gasteiger partial charge in [0.1, 0.15) is 29.3 Å². The van der Waals surface area contributed by atoms with E-state index in [2.05, 4.69) is 15.0 Å². The van der Waals surface area contributed by atoms with Crippen molar-refractivity contribution in [2.45, 2.75) is 45.1 Å². The Bertz CT molecular complexity index is 1190. The number of aryl methyl sites for hydroxylation is 1. The molecule has 35 heavy (non-hydrogen) atoms. The molecular weight excluding hydrogens is 490 g/mol. The summed E-state index contributed by atoms with van der Waals surface area (Å²) in [5.41, 5.74) is -0.198. The first-order valence-corrected chi connectivity index (χ1v) is 11.5. The number of rotatable bonds is 7. The Balaban J connectivity index is 1.58. The van der Waals surface area contributed by atoms with Gasteiger partial charge in [0.2, 0.25) is 5.82 Å². The minimum absolute atomic E-state index is 0.0745. The van der Waals surface area contributed by atoms with Gasteiger partial charge in [0.25, 0.3) is 0 Å². The van der Waals surface area contributed by atoms with Crippen molar-refractivity contribution in [3.8, 4) is 16.3 Å². The summed E-state index contributed by atoms with van der Waals surface area (Å²) in [7, 11) is 0. The zero-order valence-corrected chi connectivity index (χ0v) is 19.6. The van der Waals surface area contributed by atoms with E-state index in [1.54, 1.807) is 6.20 Å². The number of alkyl halides is 3. The fraction of sp³-hybridized carbons (Fsp3) is 0.391. The third-order valence-corrected chi connectivity index (χ3v) is 6.20. The summed E-state index contributed by atoms with van der Waals surface area (Å²) >= 11 is 1.25. The summed E-state index contributed by atoms with van der Waals surface area (Å²) < 4.78 is 70.2. The van der Waals surface area contributed by atoms with E-state index in [-0.39, 0.29) is 29.6 Å². The normalized spacial score (nSPS) is 16.8. The summed E-state index contributed by atoms with van der Waals surface area (Å²) in [6.07, 6.45) is -0.664. The molecule has 1 aliphatic heterocycles. The van der Waals surface area contributed by atoms with E-state index in [0.29, 0.717) is 11.6 Å². The van der Waals surface area contributed by atoms with E-state index >= 15 is 4.39 Å². The second-order valence-electron chi connectivity index (χ2n) is 7.94. The van der Waals surface area contributed by atoms with E-state index in [0.717, 1.165) is 30.1 Å². The van der Waals surface area contributed by atoms with E-state index in [1.807, 2.05) is 6.92 Å². The van der Waals surface area contributed by atoms with Crippen LogP contribution in [0.3, 0.4) is 0 Å². The second-order valence-corrected chi connectivity index (χ2v) is 9.17. The number of esters is 1. The van der Waals surface area contributed by atoms with E-state index in [1.165, 1.54) is 30.4 Å². The molecule has 1 aromatic carbocycles. The molecule has 7 nitrogen and oxygen atoms in total. The number of halogens is 4. The van der Waals surface area contributed by atoms with Crippen LogP contribution in [0.2, 0.25) is 0 Å². The van der Waals surface area contributed by atoms with Crippen molar-refractivity contribution in [2.75, 3.05) is 13.2 Å². The molecule has 0 unspecified atom stereocenters. The van der Waals surface area contributed by atoms with Gasteiger partial charge in [0, 0.05) is 35.6 Å². The lowest BCUT2D eigenvalue weighted by Gasteiger charge is -2.16. The Kier molecular flexibility index (Phi) is 7.31. The van der Waals surface area contributed by atoms with Gasteiger partial charge in [-0.25, -0.2) is 24.1 Å². The first kappa shape index (κ1) is 25.0. The number of ether oxygens (including phenoxy) is 3. The molecule has 3 aromatic rings. The van der Waals surface area contributed by atoms with Crippen LogP contribution < -0.4 is 4.74 Å². The molecule has 1 saturated heterocycles. The van der Waals surface area contributed by atoms with E-state index < -0.39 is 35.5 Å². The van der Waals surface area contributed by atoms with Crippen LogP contribution in [0.5, 0.6) is 5.75 Å². The SMILES string of the molecule is Cc1cnc(-c2cc(OC[C@@H]3CCCO3)cc(C(=O)O[C@H](C)c3cnc(C(F)(F)F)nc3)c2F)s1. The van der Waals surface area contributed by atoms with Crippen LogP contribution in [0.1, 0.15) is 52.5 Å². The molecule has 0 radical (unpaired) electrons. The molecule has 1 fully saturated rings. The second kappa shape index (κ2) is 10.2. The Morgan fingerprint density at radius 3 is 2.57 bits per heavy atom. The highest BCUT2D eigenvalue weighted by molar-refractivity contribution is 7.14. The minimum Gasteiger partial charge on any atom is -0.491 e. The summed E-state index contributed by atoms with van der Waals surface area (Å²) in [4.78, 5) is 24.5. The largest absolute Gasteiger partial charge is 0.491 e. The lowest BCUT2D eigenvalue weighted by atomic mass is 10.1. The zero-order chi connectivity index (χ0) is 25.2. The highest BCUT2D eigenvalue weighted by Gasteiger charge is 2.34. The molecule has 2 aromatic heterocycles. The Morgan fingerprint density at radius 2 is 1.97 bits per heavy atom. The molecule has 0 bridgehead atoms. The van der Waals surface area contributed by atoms with Crippen molar-refractivity contribution in [1.82, 2.24) is 15.0 Å². The van der Waals surface area contributed by atoms with Gasteiger partial charge in [-0.1, -0.05) is 0 Å². The molecule has 186 valence electrons. The molecule has 0 saturated carbocycles. The molecule has 4 rings (SSSR count). The van der Waals surface area contributed by atoms with Crippen molar-refractivity contribution in [3.05, 3.63) is 58.4 Å². The fourth-order valence-corrected chi connectivity index (χ4v) is 4.19. The maximum absolute atomic E-state index is 15.4.